The van der Waals surface area contributed by atoms with Crippen molar-refractivity contribution in [3.63, 3.8) is 0 Å². The lowest BCUT2D eigenvalue weighted by Gasteiger charge is -2.02. The minimum atomic E-state index is -0.969. The summed E-state index contributed by atoms with van der Waals surface area (Å²) in [5.74, 6) is -0.168. The van der Waals surface area contributed by atoms with Gasteiger partial charge in [0.1, 0.15) is 11.3 Å². The number of imidazole rings is 1. The molecule has 0 saturated heterocycles. The highest BCUT2D eigenvalue weighted by Crippen LogP contribution is 2.18. The van der Waals surface area contributed by atoms with Crippen LogP contribution in [0.5, 0.6) is 0 Å². The Bertz CT molecular complexity index is 698. The quantitative estimate of drug-likeness (QED) is 0.765. The summed E-state index contributed by atoms with van der Waals surface area (Å²) in [6, 6.07) is 8.79. The maximum Gasteiger partial charge on any atom is 0.337 e. The second-order valence-electron chi connectivity index (χ2n) is 3.93. The topological polar surface area (TPSA) is 68.3 Å². The molecule has 5 nitrogen and oxygen atoms in total. The van der Waals surface area contributed by atoms with Crippen molar-refractivity contribution in [1.82, 2.24) is 9.55 Å². The Hall–Kier alpha value is -2.56. The van der Waals surface area contributed by atoms with Crippen molar-refractivity contribution in [3.8, 4) is 0 Å². The predicted octanol–water partition coefficient (Wildman–Crippen LogP) is 2.38. The summed E-state index contributed by atoms with van der Waals surface area (Å²) in [6.45, 7) is 0.534. The van der Waals surface area contributed by atoms with Crippen LogP contribution in [0.1, 0.15) is 16.1 Å². The number of carbonyl (C=O) groups is 1. The van der Waals surface area contributed by atoms with Crippen LogP contribution in [-0.2, 0) is 6.54 Å². The maximum atomic E-state index is 11.1. The molecule has 0 atom stereocenters. The van der Waals surface area contributed by atoms with Crippen LogP contribution >= 0.6 is 0 Å². The number of hydrogen-bond donors (Lipinski definition) is 1. The molecule has 0 bridgehead atoms. The molecule has 18 heavy (non-hydrogen) atoms. The van der Waals surface area contributed by atoms with Crippen molar-refractivity contribution < 1.29 is 14.3 Å². The van der Waals surface area contributed by atoms with Gasteiger partial charge in [-0.25, -0.2) is 9.78 Å². The fourth-order valence-corrected chi connectivity index (χ4v) is 1.96. The molecule has 1 N–H and O–H groups in total. The average Bonchev–Trinajstić information content (AvgIpc) is 2.99. The number of carboxylic acids is 1. The molecule has 0 aliphatic rings. The van der Waals surface area contributed by atoms with E-state index in [1.165, 1.54) is 0 Å². The minimum Gasteiger partial charge on any atom is -0.478 e. The summed E-state index contributed by atoms with van der Waals surface area (Å²) in [5.41, 5.74) is 1.49. The van der Waals surface area contributed by atoms with Crippen molar-refractivity contribution in [3.05, 3.63) is 54.2 Å². The number of aromatic nitrogens is 2. The molecule has 0 spiro atoms. The number of carboxylic acid groups (broad SMARTS) is 1. The molecule has 0 amide bonds. The third kappa shape index (κ3) is 1.66. The van der Waals surface area contributed by atoms with Gasteiger partial charge in [0, 0.05) is 0 Å². The van der Waals surface area contributed by atoms with E-state index in [-0.39, 0.29) is 5.56 Å². The molecule has 3 aromatic rings. The molecule has 0 aliphatic heterocycles. The summed E-state index contributed by atoms with van der Waals surface area (Å²) >= 11 is 0. The van der Waals surface area contributed by atoms with Gasteiger partial charge in [-0.3, -0.25) is 0 Å². The van der Waals surface area contributed by atoms with Crippen LogP contribution < -0.4 is 0 Å². The Labute approximate surface area is 102 Å². The van der Waals surface area contributed by atoms with Crippen LogP contribution in [0, 0.1) is 0 Å². The first kappa shape index (κ1) is 10.6. The highest BCUT2D eigenvalue weighted by atomic mass is 16.4. The lowest BCUT2D eigenvalue weighted by molar-refractivity contribution is 0.0699. The molecule has 90 valence electrons. The van der Waals surface area contributed by atoms with Gasteiger partial charge in [-0.2, -0.15) is 0 Å². The Balaban J connectivity index is 2.09. The zero-order chi connectivity index (χ0) is 12.5. The van der Waals surface area contributed by atoms with Crippen LogP contribution in [0.15, 0.2) is 47.3 Å². The summed E-state index contributed by atoms with van der Waals surface area (Å²) in [7, 11) is 0. The van der Waals surface area contributed by atoms with E-state index in [1.807, 2.05) is 22.8 Å². The van der Waals surface area contributed by atoms with E-state index < -0.39 is 5.97 Å². The number of furan rings is 1. The zero-order valence-electron chi connectivity index (χ0n) is 9.41. The molecule has 1 aromatic carbocycles. The van der Waals surface area contributed by atoms with Gasteiger partial charge in [-0.05, 0) is 24.3 Å². The van der Waals surface area contributed by atoms with Gasteiger partial charge in [0.15, 0.2) is 0 Å². The Morgan fingerprint density at radius 2 is 2.22 bits per heavy atom. The van der Waals surface area contributed by atoms with Gasteiger partial charge in [-0.15, -0.1) is 0 Å². The number of hydrogen-bond acceptors (Lipinski definition) is 3. The van der Waals surface area contributed by atoms with Crippen molar-refractivity contribution in [2.24, 2.45) is 0 Å². The predicted molar refractivity (Wildman–Crippen MR) is 64.5 cm³/mol. The van der Waals surface area contributed by atoms with E-state index in [1.54, 1.807) is 24.7 Å². The lowest BCUT2D eigenvalue weighted by Crippen LogP contribution is -1.99. The standard InChI is InChI=1S/C13H10N2O3/c16-13(17)10-4-1-5-11-12(10)14-8-15(11)7-9-3-2-6-18-9/h1-6,8H,7H2,(H,16,17). The molecule has 2 heterocycles. The summed E-state index contributed by atoms with van der Waals surface area (Å²) in [5, 5.41) is 9.08. The third-order valence-electron chi connectivity index (χ3n) is 2.79. The molecule has 0 fully saturated rings. The van der Waals surface area contributed by atoms with Gasteiger partial charge in [-0.1, -0.05) is 6.07 Å². The number of fused-ring (bicyclic) bond motifs is 1. The van der Waals surface area contributed by atoms with Crippen molar-refractivity contribution in [1.29, 1.82) is 0 Å². The molecule has 0 saturated carbocycles. The van der Waals surface area contributed by atoms with Crippen molar-refractivity contribution in [2.75, 3.05) is 0 Å². The second-order valence-corrected chi connectivity index (χ2v) is 3.93. The SMILES string of the molecule is O=C(O)c1cccc2c1ncn2Cc1ccco1. The number of rotatable bonds is 3. The Morgan fingerprint density at radius 3 is 2.94 bits per heavy atom. The second kappa shape index (κ2) is 4.03. The monoisotopic (exact) mass is 242 g/mol. The molecule has 5 heteroatoms. The molecule has 3 rings (SSSR count). The number of benzene rings is 1. The van der Waals surface area contributed by atoms with Gasteiger partial charge in [0.05, 0.1) is 30.2 Å². The van der Waals surface area contributed by atoms with Crippen LogP contribution in [-0.4, -0.2) is 20.6 Å². The van der Waals surface area contributed by atoms with Gasteiger partial charge < -0.3 is 14.1 Å². The van der Waals surface area contributed by atoms with E-state index in [0.717, 1.165) is 11.3 Å². The smallest absolute Gasteiger partial charge is 0.337 e. The normalized spacial score (nSPS) is 10.9. The Kier molecular flexibility index (Phi) is 2.37. The summed E-state index contributed by atoms with van der Waals surface area (Å²) in [6.07, 6.45) is 3.23. The average molecular weight is 242 g/mol. The van der Waals surface area contributed by atoms with Crippen LogP contribution in [0.2, 0.25) is 0 Å². The van der Waals surface area contributed by atoms with Crippen molar-refractivity contribution >= 4 is 17.0 Å². The third-order valence-corrected chi connectivity index (χ3v) is 2.79. The fraction of sp³-hybridized carbons (Fsp3) is 0.0769. The van der Waals surface area contributed by atoms with Gasteiger partial charge >= 0.3 is 5.97 Å². The number of para-hydroxylation sites is 1. The van der Waals surface area contributed by atoms with Gasteiger partial charge in [0.2, 0.25) is 0 Å². The largest absolute Gasteiger partial charge is 0.478 e. The first-order valence-corrected chi connectivity index (χ1v) is 5.45. The molecule has 0 unspecified atom stereocenters. The molecule has 2 aromatic heterocycles. The number of aromatic carboxylic acids is 1. The van der Waals surface area contributed by atoms with Crippen LogP contribution in [0.25, 0.3) is 11.0 Å². The lowest BCUT2D eigenvalue weighted by atomic mass is 10.2. The first-order valence-electron chi connectivity index (χ1n) is 5.45. The van der Waals surface area contributed by atoms with Crippen molar-refractivity contribution in [2.45, 2.75) is 6.54 Å². The van der Waals surface area contributed by atoms with E-state index in [2.05, 4.69) is 4.98 Å². The van der Waals surface area contributed by atoms with E-state index in [9.17, 15) is 4.79 Å². The fourth-order valence-electron chi connectivity index (χ4n) is 1.96. The molecule has 0 radical (unpaired) electrons. The Morgan fingerprint density at radius 1 is 1.33 bits per heavy atom. The first-order chi connectivity index (χ1) is 8.75. The minimum absolute atomic E-state index is 0.214. The van der Waals surface area contributed by atoms with E-state index in [4.69, 9.17) is 9.52 Å². The summed E-state index contributed by atoms with van der Waals surface area (Å²) < 4.78 is 7.13. The highest BCUT2D eigenvalue weighted by molar-refractivity contribution is 6.00. The zero-order valence-corrected chi connectivity index (χ0v) is 9.41. The highest BCUT2D eigenvalue weighted by Gasteiger charge is 2.12. The van der Waals surface area contributed by atoms with Crippen LogP contribution in [0.3, 0.4) is 0 Å². The molecular formula is C13H10N2O3. The molecule has 0 aliphatic carbocycles. The molecular weight excluding hydrogens is 232 g/mol. The van der Waals surface area contributed by atoms with Gasteiger partial charge in [0.25, 0.3) is 0 Å². The van der Waals surface area contributed by atoms with Crippen LogP contribution in [0.4, 0.5) is 0 Å². The number of nitrogens with zero attached hydrogens (tertiary/aromatic N) is 2. The van der Waals surface area contributed by atoms with E-state index >= 15 is 0 Å². The summed E-state index contributed by atoms with van der Waals surface area (Å²) in [4.78, 5) is 15.2. The maximum absolute atomic E-state index is 11.1. The van der Waals surface area contributed by atoms with E-state index in [0.29, 0.717) is 12.1 Å².